The average Bonchev–Trinajstić information content (AvgIpc) is 3.47. The topological polar surface area (TPSA) is 194 Å². The van der Waals surface area contributed by atoms with Crippen LogP contribution >= 0.6 is 11.3 Å². The van der Waals surface area contributed by atoms with Crippen molar-refractivity contribution in [1.82, 2.24) is 39.1 Å². The lowest BCUT2D eigenvalue weighted by atomic mass is 9.83. The molecule has 4 heterocycles. The summed E-state index contributed by atoms with van der Waals surface area (Å²) in [6, 6.07) is 4.08. The molecule has 3 fully saturated rings. The molecule has 2 aliphatic heterocycles. The molecule has 1 saturated heterocycles. The van der Waals surface area contributed by atoms with Crippen LogP contribution in [0.1, 0.15) is 116 Å². The molecule has 7 rings (SSSR count). The number of thiazole rings is 1. The fourth-order valence-corrected chi connectivity index (χ4v) is 9.74. The minimum absolute atomic E-state index is 0.0215. The van der Waals surface area contributed by atoms with E-state index in [2.05, 4.69) is 20.7 Å². The van der Waals surface area contributed by atoms with Gasteiger partial charge in [-0.1, -0.05) is 37.5 Å². The van der Waals surface area contributed by atoms with Crippen LogP contribution in [0.5, 0.6) is 6.01 Å². The predicted octanol–water partition coefficient (Wildman–Crippen LogP) is 5.57. The van der Waals surface area contributed by atoms with Crippen LogP contribution in [0.15, 0.2) is 35.7 Å². The Morgan fingerprint density at radius 1 is 1.07 bits per heavy atom. The smallest absolute Gasteiger partial charge is 0.408 e. The Morgan fingerprint density at radius 3 is 2.52 bits per heavy atom. The van der Waals surface area contributed by atoms with E-state index in [-0.39, 0.29) is 25.4 Å². The summed E-state index contributed by atoms with van der Waals surface area (Å²) in [7, 11) is -1.58. The molecule has 0 radical (unpaired) electrons. The summed E-state index contributed by atoms with van der Waals surface area (Å²) >= 11 is 1.60. The number of carbonyl (C=O) groups is 4. The van der Waals surface area contributed by atoms with Gasteiger partial charge < -0.3 is 25.0 Å². The lowest BCUT2D eigenvalue weighted by Gasteiger charge is -2.30. The Kier molecular flexibility index (Phi) is 12.4. The molecule has 0 spiro atoms. The number of benzene rings is 1. The molecule has 4 aliphatic rings. The van der Waals surface area contributed by atoms with E-state index >= 15 is 0 Å². The minimum Gasteiger partial charge on any atom is -0.459 e. The summed E-state index contributed by atoms with van der Waals surface area (Å²) in [4.78, 5) is 67.6. The summed E-state index contributed by atoms with van der Waals surface area (Å²) in [5.74, 6) is -1.97. The fraction of sp³-hybridized carbons (Fsp3) is 0.619. The lowest BCUT2D eigenvalue weighted by molar-refractivity contribution is -0.141. The molecule has 60 heavy (non-hydrogen) atoms. The van der Waals surface area contributed by atoms with Crippen LogP contribution in [0.3, 0.4) is 0 Å². The number of carbonyl (C=O) groups excluding carboxylic acids is 4. The highest BCUT2D eigenvalue weighted by Gasteiger charge is 2.62. The Morgan fingerprint density at radius 2 is 1.83 bits per heavy atom. The number of hydrogen-bond donors (Lipinski definition) is 3. The largest absolute Gasteiger partial charge is 0.459 e. The quantitative estimate of drug-likeness (QED) is 0.229. The van der Waals surface area contributed by atoms with Gasteiger partial charge in [0.15, 0.2) is 0 Å². The predicted molar refractivity (Wildman–Crippen MR) is 227 cm³/mol. The lowest BCUT2D eigenvalue weighted by Crippen LogP contribution is -2.58. The van der Waals surface area contributed by atoms with Crippen LogP contribution in [0.2, 0.25) is 0 Å². The summed E-state index contributed by atoms with van der Waals surface area (Å²) in [5.41, 5.74) is 1.22. The standard InChI is InChI=1S/C42H58N8O8S2/c1-25(2)50-32-20-14-18-29(36-43-31(24-59-36)26-15-13-16-26)34(32)45-39(50)57-28-21-33-35(51)46-42(38(53)47-60(55,56)48(6)7)22-27(42)17-11-9-8-10-12-19-30(37(52)49(33)23-28)44-40(54)58-41(3,4)5/h11,14,17-18,20,24-28,30,33H,8-10,12-13,15-16,19,21-23H2,1-7H3,(H,44,54)(H,46,51)(H,47,53)/b17-11-/t27-,28-,30+,33+,42?/m1/s1. The number of hydrogen-bond acceptors (Lipinski definition) is 11. The molecule has 2 aromatic heterocycles. The highest BCUT2D eigenvalue weighted by atomic mass is 32.2. The van der Waals surface area contributed by atoms with Crippen molar-refractivity contribution in [2.75, 3.05) is 20.6 Å². The molecule has 18 heteroatoms. The van der Waals surface area contributed by atoms with Crippen molar-refractivity contribution >= 4 is 56.4 Å². The maximum atomic E-state index is 14.7. The van der Waals surface area contributed by atoms with E-state index in [1.807, 2.05) is 48.8 Å². The summed E-state index contributed by atoms with van der Waals surface area (Å²) < 4.78 is 42.9. The normalized spacial score (nSPS) is 26.1. The third-order valence-corrected chi connectivity index (χ3v) is 14.1. The number of nitrogens with zero attached hydrogens (tertiary/aromatic N) is 5. The molecule has 0 bridgehead atoms. The first-order chi connectivity index (χ1) is 28.4. The van der Waals surface area contributed by atoms with Gasteiger partial charge in [-0.25, -0.2) is 14.5 Å². The second-order valence-corrected chi connectivity index (χ2v) is 20.7. The molecule has 2 saturated carbocycles. The molecule has 3 aromatic rings. The van der Waals surface area contributed by atoms with Crippen LogP contribution < -0.4 is 20.1 Å². The molecular formula is C42H58N8O8S2. The van der Waals surface area contributed by atoms with Gasteiger partial charge in [-0.2, -0.15) is 17.7 Å². The first-order valence-electron chi connectivity index (χ1n) is 21.0. The number of alkyl carbamates (subject to hydrolysis) is 1. The Labute approximate surface area is 356 Å². The number of ether oxygens (including phenoxy) is 2. The summed E-state index contributed by atoms with van der Waals surface area (Å²) in [5, 5.41) is 8.67. The number of amides is 4. The van der Waals surface area contributed by atoms with Gasteiger partial charge >= 0.3 is 16.3 Å². The van der Waals surface area contributed by atoms with Gasteiger partial charge in [0.25, 0.3) is 11.9 Å². The van der Waals surface area contributed by atoms with E-state index in [9.17, 15) is 27.6 Å². The second-order valence-electron chi connectivity index (χ2n) is 18.0. The van der Waals surface area contributed by atoms with E-state index in [4.69, 9.17) is 19.4 Å². The molecule has 16 nitrogen and oxygen atoms in total. The van der Waals surface area contributed by atoms with Gasteiger partial charge in [0, 0.05) is 49.3 Å². The third kappa shape index (κ3) is 9.20. The van der Waals surface area contributed by atoms with Crippen LogP contribution in [0.4, 0.5) is 4.79 Å². The molecule has 5 atom stereocenters. The van der Waals surface area contributed by atoms with Crippen LogP contribution in [0.25, 0.3) is 21.6 Å². The Bertz CT molecular complexity index is 2260. The van der Waals surface area contributed by atoms with Crippen molar-refractivity contribution in [3.63, 3.8) is 0 Å². The maximum Gasteiger partial charge on any atom is 0.408 e. The van der Waals surface area contributed by atoms with E-state index < -0.39 is 69.3 Å². The number of imidazole rings is 1. The number of rotatable bonds is 9. The third-order valence-electron chi connectivity index (χ3n) is 11.8. The van der Waals surface area contributed by atoms with Crippen LogP contribution in [-0.2, 0) is 29.3 Å². The fourth-order valence-electron chi connectivity index (χ4n) is 8.22. The van der Waals surface area contributed by atoms with Crippen molar-refractivity contribution in [2.45, 2.75) is 140 Å². The summed E-state index contributed by atoms with van der Waals surface area (Å²) in [6.07, 6.45) is 9.18. The number of nitrogens with one attached hydrogen (secondary N) is 3. The highest BCUT2D eigenvalue weighted by molar-refractivity contribution is 7.87. The maximum absolute atomic E-state index is 14.7. The highest BCUT2D eigenvalue weighted by Crippen LogP contribution is 2.46. The number of fused-ring (bicyclic) bond motifs is 3. The van der Waals surface area contributed by atoms with Gasteiger partial charge in [-0.05, 0) is 85.3 Å². The van der Waals surface area contributed by atoms with Crippen molar-refractivity contribution in [1.29, 1.82) is 0 Å². The van der Waals surface area contributed by atoms with Gasteiger partial charge in [-0.15, -0.1) is 11.3 Å². The number of para-hydroxylation sites is 1. The molecule has 1 unspecified atom stereocenters. The monoisotopic (exact) mass is 866 g/mol. The second kappa shape index (κ2) is 17.1. The Balaban J connectivity index is 1.22. The van der Waals surface area contributed by atoms with Crippen molar-refractivity contribution in [2.24, 2.45) is 5.92 Å². The zero-order valence-electron chi connectivity index (χ0n) is 35.5. The summed E-state index contributed by atoms with van der Waals surface area (Å²) in [6.45, 7) is 9.24. The molecule has 326 valence electrons. The van der Waals surface area contributed by atoms with E-state index in [0.29, 0.717) is 31.2 Å². The molecular weight excluding hydrogens is 809 g/mol. The van der Waals surface area contributed by atoms with Crippen molar-refractivity contribution < 1.29 is 37.1 Å². The van der Waals surface area contributed by atoms with Gasteiger partial charge in [0.05, 0.1) is 17.8 Å². The zero-order chi connectivity index (χ0) is 43.1. The zero-order valence-corrected chi connectivity index (χ0v) is 37.2. The Hall–Kier alpha value is -4.55. The van der Waals surface area contributed by atoms with Crippen molar-refractivity contribution in [3.05, 3.63) is 41.4 Å². The van der Waals surface area contributed by atoms with Gasteiger partial charge in [-0.3, -0.25) is 19.0 Å². The van der Waals surface area contributed by atoms with Crippen LogP contribution in [-0.4, -0.2) is 106 Å². The minimum atomic E-state index is -4.18. The average molecular weight is 867 g/mol. The number of allylic oxidation sites excluding steroid dienone is 1. The number of aromatic nitrogens is 3. The van der Waals surface area contributed by atoms with Gasteiger partial charge in [0.1, 0.15) is 39.9 Å². The SMILES string of the molecule is CC(C)n1c(O[C@@H]2C[C@H]3C(=O)NC4(C(=O)NS(=O)(=O)N(C)C)C[C@H]4/C=C\CCCCC[C@H](NC(=O)OC(C)(C)C)C(=O)N3C2)nc2c(-c3nc(C4CCC4)cs3)cccc21. The van der Waals surface area contributed by atoms with Crippen LogP contribution in [0, 0.1) is 5.92 Å². The molecule has 3 N–H and O–H groups in total. The van der Waals surface area contributed by atoms with Crippen molar-refractivity contribution in [3.8, 4) is 16.6 Å². The molecule has 4 amide bonds. The van der Waals surface area contributed by atoms with Gasteiger partial charge in [0.2, 0.25) is 11.8 Å². The van der Waals surface area contributed by atoms with E-state index in [1.165, 1.54) is 25.4 Å². The van der Waals surface area contributed by atoms with E-state index in [1.54, 1.807) is 32.1 Å². The van der Waals surface area contributed by atoms with E-state index in [0.717, 1.165) is 57.3 Å². The first kappa shape index (κ1) is 43.5. The first-order valence-corrected chi connectivity index (χ1v) is 23.4. The molecule has 1 aromatic carbocycles. The molecule has 2 aliphatic carbocycles.